The van der Waals surface area contributed by atoms with E-state index in [1.807, 2.05) is 0 Å². The highest BCUT2D eigenvalue weighted by molar-refractivity contribution is 5.89. The Hall–Kier alpha value is -2.24. The van der Waals surface area contributed by atoms with E-state index in [2.05, 4.69) is 29.8 Å². The highest BCUT2D eigenvalue weighted by Crippen LogP contribution is 2.15. The van der Waals surface area contributed by atoms with Gasteiger partial charge in [0.2, 0.25) is 5.91 Å². The Morgan fingerprint density at radius 1 is 1.18 bits per heavy atom. The third kappa shape index (κ3) is 7.52. The number of amides is 3. The second-order valence-electron chi connectivity index (χ2n) is 5.36. The minimum atomic E-state index is -0.214. The molecule has 0 radical (unpaired) electrons. The molecule has 0 aliphatic heterocycles. The van der Waals surface area contributed by atoms with Crippen LogP contribution in [0.4, 0.5) is 10.5 Å². The second-order valence-corrected chi connectivity index (χ2v) is 5.36. The second kappa shape index (κ2) is 9.65. The van der Waals surface area contributed by atoms with Gasteiger partial charge in [0.15, 0.2) is 0 Å². The van der Waals surface area contributed by atoms with Crippen molar-refractivity contribution < 1.29 is 14.3 Å². The maximum absolute atomic E-state index is 11.7. The van der Waals surface area contributed by atoms with Gasteiger partial charge in [-0.1, -0.05) is 13.8 Å². The third-order valence-electron chi connectivity index (χ3n) is 3.00. The van der Waals surface area contributed by atoms with Gasteiger partial charge in [-0.05, 0) is 36.6 Å². The van der Waals surface area contributed by atoms with Crippen LogP contribution in [0.5, 0.6) is 5.75 Å². The van der Waals surface area contributed by atoms with Crippen molar-refractivity contribution in [2.75, 3.05) is 25.5 Å². The molecule has 0 aliphatic carbocycles. The highest BCUT2D eigenvalue weighted by atomic mass is 16.5. The fourth-order valence-corrected chi connectivity index (χ4v) is 1.67. The number of carbonyl (C=O) groups is 2. The van der Waals surface area contributed by atoms with Crippen molar-refractivity contribution in [1.29, 1.82) is 0 Å². The number of ether oxygens (including phenoxy) is 1. The summed E-state index contributed by atoms with van der Waals surface area (Å²) in [6.45, 7) is 5.21. The maximum Gasteiger partial charge on any atom is 0.319 e. The van der Waals surface area contributed by atoms with Crippen LogP contribution in [-0.2, 0) is 4.79 Å². The van der Waals surface area contributed by atoms with Crippen LogP contribution < -0.4 is 20.7 Å². The summed E-state index contributed by atoms with van der Waals surface area (Å²) in [7, 11) is 1.59. The lowest BCUT2D eigenvalue weighted by Gasteiger charge is -2.10. The molecule has 0 heterocycles. The van der Waals surface area contributed by atoms with Gasteiger partial charge in [0.05, 0.1) is 13.0 Å². The first-order valence-corrected chi connectivity index (χ1v) is 7.49. The van der Waals surface area contributed by atoms with Crippen molar-refractivity contribution in [2.24, 2.45) is 5.92 Å². The van der Waals surface area contributed by atoms with Gasteiger partial charge in [0.25, 0.3) is 0 Å². The van der Waals surface area contributed by atoms with Gasteiger partial charge in [0, 0.05) is 19.3 Å². The minimum Gasteiger partial charge on any atom is -0.493 e. The lowest BCUT2D eigenvalue weighted by Crippen LogP contribution is -2.30. The van der Waals surface area contributed by atoms with E-state index in [0.29, 0.717) is 36.9 Å². The fraction of sp³-hybridized carbons (Fsp3) is 0.500. The molecule has 0 unspecified atom stereocenters. The Kier molecular flexibility index (Phi) is 7.81. The van der Waals surface area contributed by atoms with Gasteiger partial charge in [-0.2, -0.15) is 0 Å². The van der Waals surface area contributed by atoms with Crippen LogP contribution in [-0.4, -0.2) is 32.1 Å². The van der Waals surface area contributed by atoms with E-state index < -0.39 is 0 Å². The predicted molar refractivity (Wildman–Crippen MR) is 87.1 cm³/mol. The maximum atomic E-state index is 11.7. The van der Waals surface area contributed by atoms with Crippen LogP contribution in [0.2, 0.25) is 0 Å². The Morgan fingerprint density at radius 3 is 2.45 bits per heavy atom. The molecule has 1 aromatic carbocycles. The molecule has 6 heteroatoms. The van der Waals surface area contributed by atoms with E-state index in [9.17, 15) is 9.59 Å². The molecule has 3 N–H and O–H groups in total. The summed E-state index contributed by atoms with van der Waals surface area (Å²) in [5, 5.41) is 8.09. The third-order valence-corrected chi connectivity index (χ3v) is 3.00. The Balaban J connectivity index is 2.32. The first kappa shape index (κ1) is 17.8. The van der Waals surface area contributed by atoms with Gasteiger partial charge in [0.1, 0.15) is 5.75 Å². The molecule has 0 fully saturated rings. The van der Waals surface area contributed by atoms with Crippen LogP contribution in [0.3, 0.4) is 0 Å². The molecule has 0 bridgehead atoms. The topological polar surface area (TPSA) is 79.5 Å². The monoisotopic (exact) mass is 307 g/mol. The average molecular weight is 307 g/mol. The summed E-state index contributed by atoms with van der Waals surface area (Å²) in [5.41, 5.74) is 0.695. The zero-order valence-electron chi connectivity index (χ0n) is 13.4. The molecule has 122 valence electrons. The summed E-state index contributed by atoms with van der Waals surface area (Å²) < 4.78 is 5.44. The molecular weight excluding hydrogens is 282 g/mol. The van der Waals surface area contributed by atoms with E-state index in [0.717, 1.165) is 6.42 Å². The molecule has 0 spiro atoms. The highest BCUT2D eigenvalue weighted by Gasteiger charge is 2.03. The lowest BCUT2D eigenvalue weighted by atomic mass is 10.1. The van der Waals surface area contributed by atoms with Gasteiger partial charge < -0.3 is 20.7 Å². The molecule has 22 heavy (non-hydrogen) atoms. The molecule has 3 amide bonds. The van der Waals surface area contributed by atoms with E-state index in [4.69, 9.17) is 4.74 Å². The molecule has 0 atom stereocenters. The fourth-order valence-electron chi connectivity index (χ4n) is 1.67. The molecule has 0 aromatic heterocycles. The number of rotatable bonds is 8. The number of anilines is 1. The van der Waals surface area contributed by atoms with Crippen LogP contribution in [0, 0.1) is 5.92 Å². The quantitative estimate of drug-likeness (QED) is 0.690. The molecule has 1 rings (SSSR count). The zero-order chi connectivity index (χ0) is 16.4. The molecule has 6 nitrogen and oxygen atoms in total. The molecule has 0 saturated carbocycles. The molecule has 1 aromatic rings. The number of benzene rings is 1. The van der Waals surface area contributed by atoms with Gasteiger partial charge >= 0.3 is 6.03 Å². The number of carbonyl (C=O) groups excluding carboxylic acids is 2. The van der Waals surface area contributed by atoms with Gasteiger partial charge in [-0.15, -0.1) is 0 Å². The average Bonchev–Trinajstić information content (AvgIpc) is 2.48. The van der Waals surface area contributed by atoms with Gasteiger partial charge in [-0.3, -0.25) is 4.79 Å². The first-order chi connectivity index (χ1) is 10.5. The summed E-state index contributed by atoms with van der Waals surface area (Å²) in [6, 6.07) is 6.82. The van der Waals surface area contributed by atoms with Crippen molar-refractivity contribution >= 4 is 17.6 Å². The SMILES string of the molecule is CNC(=O)CCOc1ccc(NC(=O)NCCC(C)C)cc1. The van der Waals surface area contributed by atoms with Crippen LogP contribution >= 0.6 is 0 Å². The summed E-state index contributed by atoms with van der Waals surface area (Å²) in [5.74, 6) is 1.16. The number of urea groups is 1. The first-order valence-electron chi connectivity index (χ1n) is 7.49. The van der Waals surface area contributed by atoms with Crippen LogP contribution in [0.1, 0.15) is 26.7 Å². The molecule has 0 saturated heterocycles. The molecule has 0 aliphatic rings. The van der Waals surface area contributed by atoms with E-state index >= 15 is 0 Å². The normalized spacial score (nSPS) is 10.2. The zero-order valence-corrected chi connectivity index (χ0v) is 13.4. The van der Waals surface area contributed by atoms with E-state index in [-0.39, 0.29) is 11.9 Å². The molecular formula is C16H25N3O3. The number of hydrogen-bond acceptors (Lipinski definition) is 3. The summed E-state index contributed by atoms with van der Waals surface area (Å²) >= 11 is 0. The number of nitrogens with one attached hydrogen (secondary N) is 3. The van der Waals surface area contributed by atoms with E-state index in [1.54, 1.807) is 31.3 Å². The summed E-state index contributed by atoms with van der Waals surface area (Å²) in [6.07, 6.45) is 1.26. The lowest BCUT2D eigenvalue weighted by molar-refractivity contribution is -0.121. The summed E-state index contributed by atoms with van der Waals surface area (Å²) in [4.78, 5) is 22.7. The van der Waals surface area contributed by atoms with Crippen molar-refractivity contribution in [2.45, 2.75) is 26.7 Å². The Morgan fingerprint density at radius 2 is 1.86 bits per heavy atom. The predicted octanol–water partition coefficient (Wildman–Crippen LogP) is 2.37. The minimum absolute atomic E-state index is 0.0589. The van der Waals surface area contributed by atoms with E-state index in [1.165, 1.54) is 0 Å². The Labute approximate surface area is 131 Å². The smallest absolute Gasteiger partial charge is 0.319 e. The van der Waals surface area contributed by atoms with Crippen molar-refractivity contribution in [3.8, 4) is 5.75 Å². The van der Waals surface area contributed by atoms with Crippen LogP contribution in [0.25, 0.3) is 0 Å². The van der Waals surface area contributed by atoms with Crippen LogP contribution in [0.15, 0.2) is 24.3 Å². The van der Waals surface area contributed by atoms with Crippen molar-refractivity contribution in [3.63, 3.8) is 0 Å². The Bertz CT molecular complexity index is 472. The van der Waals surface area contributed by atoms with Gasteiger partial charge in [-0.25, -0.2) is 4.79 Å². The van der Waals surface area contributed by atoms with Crippen molar-refractivity contribution in [1.82, 2.24) is 10.6 Å². The van der Waals surface area contributed by atoms with Crippen molar-refractivity contribution in [3.05, 3.63) is 24.3 Å². The largest absolute Gasteiger partial charge is 0.493 e. The number of hydrogen-bond donors (Lipinski definition) is 3. The standard InChI is InChI=1S/C16H25N3O3/c1-12(2)8-10-18-16(21)19-13-4-6-14(7-5-13)22-11-9-15(20)17-3/h4-7,12H,8-11H2,1-3H3,(H,17,20)(H2,18,19,21).